The van der Waals surface area contributed by atoms with Gasteiger partial charge >= 0.3 is 18.0 Å². The first-order valence-electron chi connectivity index (χ1n) is 9.01. The van der Waals surface area contributed by atoms with Crippen LogP contribution in [0.3, 0.4) is 0 Å². The number of alkyl halides is 3. The van der Waals surface area contributed by atoms with Gasteiger partial charge < -0.3 is 19.0 Å². The van der Waals surface area contributed by atoms with E-state index in [1.54, 1.807) is 30.9 Å². The Labute approximate surface area is 167 Å². The van der Waals surface area contributed by atoms with Crippen molar-refractivity contribution in [2.45, 2.75) is 25.7 Å². The second-order valence-corrected chi connectivity index (χ2v) is 6.43. The van der Waals surface area contributed by atoms with Crippen LogP contribution >= 0.6 is 0 Å². The topological polar surface area (TPSA) is 104 Å². The standard InChI is InChI=1S/C18H16F3N7O2/c19-18(20,21)17-24-12-4-1-2-5-13(12)28(17)10-14-25-16(30-26-14)15(29)23-6-3-8-27-9-7-22-11-27/h1-2,4-5,7,9,11H,3,6,8,10H2,(H,23,29). The van der Waals surface area contributed by atoms with Crippen molar-refractivity contribution in [2.75, 3.05) is 6.54 Å². The van der Waals surface area contributed by atoms with Crippen LogP contribution in [-0.2, 0) is 19.3 Å². The van der Waals surface area contributed by atoms with Crippen molar-refractivity contribution in [1.82, 2.24) is 34.6 Å². The summed E-state index contributed by atoms with van der Waals surface area (Å²) in [6.45, 7) is 0.690. The van der Waals surface area contributed by atoms with E-state index in [0.29, 0.717) is 19.5 Å². The number of aromatic nitrogens is 6. The minimum absolute atomic E-state index is 0.0628. The highest BCUT2D eigenvalue weighted by Crippen LogP contribution is 2.31. The predicted octanol–water partition coefficient (Wildman–Crippen LogP) is 2.50. The molecule has 0 aliphatic carbocycles. The molecule has 0 fully saturated rings. The Morgan fingerprint density at radius 3 is 2.80 bits per heavy atom. The Hall–Kier alpha value is -3.70. The summed E-state index contributed by atoms with van der Waals surface area (Å²) in [6, 6.07) is 6.22. The van der Waals surface area contributed by atoms with Crippen LogP contribution < -0.4 is 5.32 Å². The Balaban J connectivity index is 1.44. The number of halogens is 3. The number of benzene rings is 1. The quantitative estimate of drug-likeness (QED) is 0.462. The molecule has 0 bridgehead atoms. The molecule has 0 radical (unpaired) electrons. The molecule has 4 aromatic rings. The number of rotatable bonds is 7. The van der Waals surface area contributed by atoms with Crippen LogP contribution in [0.15, 0.2) is 47.5 Å². The Morgan fingerprint density at radius 2 is 2.03 bits per heavy atom. The summed E-state index contributed by atoms with van der Waals surface area (Å²) in [6.07, 6.45) is 1.13. The van der Waals surface area contributed by atoms with Gasteiger partial charge in [-0.1, -0.05) is 17.3 Å². The molecule has 1 amide bonds. The molecule has 156 valence electrons. The van der Waals surface area contributed by atoms with Gasteiger partial charge in [0.2, 0.25) is 5.82 Å². The second-order valence-electron chi connectivity index (χ2n) is 6.43. The van der Waals surface area contributed by atoms with Gasteiger partial charge in [-0.3, -0.25) is 4.79 Å². The number of imidazole rings is 2. The number of carbonyl (C=O) groups excluding carboxylic acids is 1. The minimum atomic E-state index is -4.65. The summed E-state index contributed by atoms with van der Waals surface area (Å²) in [7, 11) is 0. The number of carbonyl (C=O) groups is 1. The fourth-order valence-corrected chi connectivity index (χ4v) is 2.96. The van der Waals surface area contributed by atoms with Crippen molar-refractivity contribution in [3.63, 3.8) is 0 Å². The van der Waals surface area contributed by atoms with E-state index in [2.05, 4.69) is 25.4 Å². The van der Waals surface area contributed by atoms with Gasteiger partial charge in [0.1, 0.15) is 0 Å². The van der Waals surface area contributed by atoms with Crippen molar-refractivity contribution >= 4 is 16.9 Å². The van der Waals surface area contributed by atoms with E-state index < -0.39 is 17.9 Å². The van der Waals surface area contributed by atoms with Gasteiger partial charge in [0.25, 0.3) is 0 Å². The van der Waals surface area contributed by atoms with Crippen LogP contribution in [0.4, 0.5) is 13.2 Å². The third-order valence-electron chi connectivity index (χ3n) is 4.31. The van der Waals surface area contributed by atoms with Gasteiger partial charge in [0.05, 0.1) is 23.9 Å². The van der Waals surface area contributed by atoms with Gasteiger partial charge in [-0.15, -0.1) is 0 Å². The first-order chi connectivity index (χ1) is 14.4. The zero-order valence-corrected chi connectivity index (χ0v) is 15.5. The minimum Gasteiger partial charge on any atom is -0.348 e. The number of amides is 1. The maximum atomic E-state index is 13.4. The van der Waals surface area contributed by atoms with Crippen LogP contribution in [0.25, 0.3) is 11.0 Å². The smallest absolute Gasteiger partial charge is 0.348 e. The summed E-state index contributed by atoms with van der Waals surface area (Å²) < 4.78 is 47.9. The number of nitrogens with zero attached hydrogens (tertiary/aromatic N) is 6. The molecule has 1 N–H and O–H groups in total. The summed E-state index contributed by atoms with van der Waals surface area (Å²) in [5, 5.41) is 6.27. The molecule has 0 saturated carbocycles. The lowest BCUT2D eigenvalue weighted by Gasteiger charge is -2.09. The summed E-state index contributed by atoms with van der Waals surface area (Å²) in [5.41, 5.74) is 0.476. The first-order valence-corrected chi connectivity index (χ1v) is 9.01. The van der Waals surface area contributed by atoms with E-state index in [-0.39, 0.29) is 29.3 Å². The zero-order chi connectivity index (χ0) is 21.1. The van der Waals surface area contributed by atoms with Gasteiger partial charge in [0, 0.05) is 25.5 Å². The van der Waals surface area contributed by atoms with E-state index in [9.17, 15) is 18.0 Å². The maximum Gasteiger partial charge on any atom is 0.449 e. The number of hydrogen-bond acceptors (Lipinski definition) is 6. The van der Waals surface area contributed by atoms with E-state index in [1.807, 2.05) is 4.57 Å². The molecule has 30 heavy (non-hydrogen) atoms. The predicted molar refractivity (Wildman–Crippen MR) is 97.3 cm³/mol. The summed E-state index contributed by atoms with van der Waals surface area (Å²) >= 11 is 0. The van der Waals surface area contributed by atoms with Gasteiger partial charge in [-0.2, -0.15) is 18.2 Å². The van der Waals surface area contributed by atoms with Crippen molar-refractivity contribution in [1.29, 1.82) is 0 Å². The highest BCUT2D eigenvalue weighted by molar-refractivity contribution is 5.89. The molecular formula is C18H16F3N7O2. The molecule has 0 spiro atoms. The van der Waals surface area contributed by atoms with Gasteiger partial charge in [-0.05, 0) is 18.6 Å². The molecule has 3 aromatic heterocycles. The Morgan fingerprint density at radius 1 is 1.20 bits per heavy atom. The summed E-state index contributed by atoms with van der Waals surface area (Å²) in [5.74, 6) is -2.04. The SMILES string of the molecule is O=C(NCCCn1ccnc1)c1nc(Cn2c(C(F)(F)F)nc3ccccc32)no1. The number of fused-ring (bicyclic) bond motifs is 1. The van der Waals surface area contributed by atoms with Crippen molar-refractivity contribution in [3.05, 3.63) is 60.5 Å². The monoisotopic (exact) mass is 419 g/mol. The lowest BCUT2D eigenvalue weighted by atomic mass is 10.3. The van der Waals surface area contributed by atoms with Crippen LogP contribution in [-0.4, -0.2) is 41.7 Å². The average molecular weight is 419 g/mol. The molecule has 0 aliphatic heterocycles. The van der Waals surface area contributed by atoms with Gasteiger partial charge in [0.15, 0.2) is 5.82 Å². The van der Waals surface area contributed by atoms with E-state index in [4.69, 9.17) is 4.52 Å². The molecule has 3 heterocycles. The lowest BCUT2D eigenvalue weighted by Crippen LogP contribution is -2.25. The van der Waals surface area contributed by atoms with Crippen LogP contribution in [0.1, 0.15) is 28.8 Å². The van der Waals surface area contributed by atoms with E-state index >= 15 is 0 Å². The van der Waals surface area contributed by atoms with Crippen molar-refractivity contribution < 1.29 is 22.5 Å². The molecule has 0 aliphatic rings. The highest BCUT2D eigenvalue weighted by atomic mass is 19.4. The van der Waals surface area contributed by atoms with Crippen molar-refractivity contribution in [3.8, 4) is 0 Å². The fourth-order valence-electron chi connectivity index (χ4n) is 2.96. The fraction of sp³-hybridized carbons (Fsp3) is 0.278. The first kappa shape index (κ1) is 19.6. The van der Waals surface area contributed by atoms with E-state index in [0.717, 1.165) is 4.57 Å². The molecule has 0 unspecified atom stereocenters. The zero-order valence-electron chi connectivity index (χ0n) is 15.5. The number of aryl methyl sites for hydroxylation is 1. The molecule has 0 saturated heterocycles. The Kier molecular flexibility index (Phi) is 5.21. The largest absolute Gasteiger partial charge is 0.449 e. The lowest BCUT2D eigenvalue weighted by molar-refractivity contribution is -0.146. The molecular weight excluding hydrogens is 403 g/mol. The molecule has 1 aromatic carbocycles. The highest BCUT2D eigenvalue weighted by Gasteiger charge is 2.38. The van der Waals surface area contributed by atoms with Crippen molar-refractivity contribution in [2.24, 2.45) is 0 Å². The average Bonchev–Trinajstić information content (AvgIpc) is 3.45. The molecule has 4 rings (SSSR count). The van der Waals surface area contributed by atoms with Gasteiger partial charge in [-0.25, -0.2) is 9.97 Å². The maximum absolute atomic E-state index is 13.4. The van der Waals surface area contributed by atoms with Crippen LogP contribution in [0.5, 0.6) is 0 Å². The number of para-hydroxylation sites is 2. The third-order valence-corrected chi connectivity index (χ3v) is 4.31. The molecule has 12 heteroatoms. The third kappa shape index (κ3) is 4.16. The number of hydrogen-bond donors (Lipinski definition) is 1. The molecule has 9 nitrogen and oxygen atoms in total. The Bertz CT molecular complexity index is 1150. The second kappa shape index (κ2) is 7.97. The number of nitrogens with one attached hydrogen (secondary N) is 1. The van der Waals surface area contributed by atoms with E-state index in [1.165, 1.54) is 12.1 Å². The normalized spacial score (nSPS) is 11.8. The summed E-state index contributed by atoms with van der Waals surface area (Å²) in [4.78, 5) is 23.6. The van der Waals surface area contributed by atoms with Crippen LogP contribution in [0.2, 0.25) is 0 Å². The van der Waals surface area contributed by atoms with Crippen LogP contribution in [0, 0.1) is 0 Å². The molecule has 0 atom stereocenters.